The van der Waals surface area contributed by atoms with Crippen LogP contribution < -0.4 is 10.2 Å². The first-order valence-corrected chi connectivity index (χ1v) is 7.12. The second kappa shape index (κ2) is 6.01. The molecule has 1 aliphatic rings. The molecule has 1 aliphatic heterocycles. The molecule has 1 radical (unpaired) electrons. The molecule has 2 aromatic rings. The lowest BCUT2D eigenvalue weighted by Crippen LogP contribution is -2.44. The van der Waals surface area contributed by atoms with Crippen LogP contribution >= 0.6 is 0 Å². The highest BCUT2D eigenvalue weighted by Gasteiger charge is 2.15. The number of anilines is 2. The third-order valence-electron chi connectivity index (χ3n) is 3.74. The summed E-state index contributed by atoms with van der Waals surface area (Å²) in [6.45, 7) is 4.06. The molecule has 1 fully saturated rings. The molecule has 5 heteroatoms. The number of carbonyl (C=O) groups is 1. The number of aromatic amines is 1. The van der Waals surface area contributed by atoms with Crippen molar-refractivity contribution < 1.29 is 4.79 Å². The zero-order chi connectivity index (χ0) is 14.7. The molecule has 0 saturated carbocycles. The van der Waals surface area contributed by atoms with Gasteiger partial charge >= 0.3 is 0 Å². The molecule has 2 heterocycles. The van der Waals surface area contributed by atoms with E-state index in [4.69, 9.17) is 0 Å². The summed E-state index contributed by atoms with van der Waals surface area (Å²) in [5.74, 6) is 0.548. The Labute approximate surface area is 124 Å². The standard InChI is InChI=1S/C16H19N4O/c1-19-8-10-20(11-9-19)14-5-2-4-13(12-14)16(21)18-15-6-3-7-17-15/h2-3,5-7,12,17H,8-11H2,1H3,(H,18,21). The first-order chi connectivity index (χ1) is 10.2. The minimum Gasteiger partial charge on any atom is -0.369 e. The molecular weight excluding hydrogens is 264 g/mol. The average molecular weight is 283 g/mol. The number of amides is 1. The molecule has 109 valence electrons. The summed E-state index contributed by atoms with van der Waals surface area (Å²) in [4.78, 5) is 19.8. The van der Waals surface area contributed by atoms with E-state index in [-0.39, 0.29) is 5.91 Å². The predicted molar refractivity (Wildman–Crippen MR) is 83.7 cm³/mol. The van der Waals surface area contributed by atoms with Crippen LogP contribution in [0.4, 0.5) is 11.5 Å². The van der Waals surface area contributed by atoms with Crippen molar-refractivity contribution in [2.24, 2.45) is 0 Å². The Hall–Kier alpha value is -2.27. The summed E-state index contributed by atoms with van der Waals surface area (Å²) in [5, 5.41) is 2.82. The summed E-state index contributed by atoms with van der Waals surface area (Å²) in [5.41, 5.74) is 1.64. The Kier molecular flexibility index (Phi) is 3.92. The van der Waals surface area contributed by atoms with Crippen LogP contribution in [0.25, 0.3) is 0 Å². The highest BCUT2D eigenvalue weighted by atomic mass is 16.1. The highest BCUT2D eigenvalue weighted by Crippen LogP contribution is 2.18. The van der Waals surface area contributed by atoms with Crippen molar-refractivity contribution in [1.29, 1.82) is 0 Å². The Bertz CT molecular complexity index is 600. The Balaban J connectivity index is 1.72. The molecule has 0 aliphatic carbocycles. The van der Waals surface area contributed by atoms with Crippen LogP contribution in [-0.4, -0.2) is 49.0 Å². The number of benzene rings is 1. The van der Waals surface area contributed by atoms with Crippen molar-refractivity contribution in [2.75, 3.05) is 43.4 Å². The molecule has 0 spiro atoms. The van der Waals surface area contributed by atoms with Gasteiger partial charge in [-0.15, -0.1) is 0 Å². The number of hydrogen-bond acceptors (Lipinski definition) is 3. The first-order valence-electron chi connectivity index (χ1n) is 7.12. The number of likely N-dealkylation sites (N-methyl/N-ethyl adjacent to an activating group) is 1. The molecule has 0 unspecified atom stereocenters. The lowest BCUT2D eigenvalue weighted by molar-refractivity contribution is 0.102. The van der Waals surface area contributed by atoms with E-state index < -0.39 is 0 Å². The van der Waals surface area contributed by atoms with Gasteiger partial charge in [0.1, 0.15) is 5.82 Å². The van der Waals surface area contributed by atoms with Crippen LogP contribution in [0.5, 0.6) is 0 Å². The van der Waals surface area contributed by atoms with Gasteiger partial charge in [-0.2, -0.15) is 0 Å². The van der Waals surface area contributed by atoms with Crippen molar-refractivity contribution in [3.8, 4) is 0 Å². The van der Waals surface area contributed by atoms with E-state index in [1.54, 1.807) is 6.20 Å². The number of nitrogens with zero attached hydrogens (tertiary/aromatic N) is 2. The normalized spacial score (nSPS) is 16.0. The van der Waals surface area contributed by atoms with Gasteiger partial charge in [-0.05, 0) is 37.4 Å². The first kappa shape index (κ1) is 13.7. The lowest BCUT2D eigenvalue weighted by Gasteiger charge is -2.34. The molecule has 21 heavy (non-hydrogen) atoms. The van der Waals surface area contributed by atoms with Crippen molar-refractivity contribution in [3.63, 3.8) is 0 Å². The van der Waals surface area contributed by atoms with Gasteiger partial charge in [0.15, 0.2) is 0 Å². The SMILES string of the molecule is CN1CCN(c2cc[c]c(C(=O)Nc3ccc[nH]3)c2)CC1. The maximum atomic E-state index is 12.2. The van der Waals surface area contributed by atoms with Crippen LogP contribution in [0.15, 0.2) is 36.5 Å². The predicted octanol–water partition coefficient (Wildman–Crippen LogP) is 1.82. The molecule has 1 amide bonds. The molecular formula is C16H19N4O. The smallest absolute Gasteiger partial charge is 0.257 e. The van der Waals surface area contributed by atoms with E-state index >= 15 is 0 Å². The summed E-state index contributed by atoms with van der Waals surface area (Å²) in [6, 6.07) is 12.4. The van der Waals surface area contributed by atoms with E-state index in [1.807, 2.05) is 30.3 Å². The van der Waals surface area contributed by atoms with Crippen molar-refractivity contribution in [2.45, 2.75) is 0 Å². The van der Waals surface area contributed by atoms with Crippen LogP contribution in [0, 0.1) is 6.07 Å². The minimum atomic E-state index is -0.145. The quantitative estimate of drug-likeness (QED) is 0.903. The monoisotopic (exact) mass is 283 g/mol. The van der Waals surface area contributed by atoms with Gasteiger partial charge in [-0.25, -0.2) is 0 Å². The van der Waals surface area contributed by atoms with E-state index in [9.17, 15) is 4.79 Å². The molecule has 0 bridgehead atoms. The highest BCUT2D eigenvalue weighted by molar-refractivity contribution is 6.04. The molecule has 3 rings (SSSR count). The van der Waals surface area contributed by atoms with E-state index in [0.717, 1.165) is 31.9 Å². The summed E-state index contributed by atoms with van der Waals surface area (Å²) in [7, 11) is 2.13. The van der Waals surface area contributed by atoms with Gasteiger partial charge in [-0.1, -0.05) is 6.07 Å². The summed E-state index contributed by atoms with van der Waals surface area (Å²) < 4.78 is 0. The zero-order valence-corrected chi connectivity index (χ0v) is 12.1. The second-order valence-corrected chi connectivity index (χ2v) is 5.29. The van der Waals surface area contributed by atoms with Gasteiger partial charge in [0.25, 0.3) is 5.91 Å². The summed E-state index contributed by atoms with van der Waals surface area (Å²) >= 11 is 0. The van der Waals surface area contributed by atoms with E-state index in [1.165, 1.54) is 0 Å². The number of hydrogen-bond donors (Lipinski definition) is 2. The summed E-state index contributed by atoms with van der Waals surface area (Å²) in [6.07, 6.45) is 1.78. The fraction of sp³-hybridized carbons (Fsp3) is 0.312. The number of aromatic nitrogens is 1. The number of rotatable bonds is 3. The Morgan fingerprint density at radius 3 is 2.81 bits per heavy atom. The largest absolute Gasteiger partial charge is 0.369 e. The molecule has 5 nitrogen and oxygen atoms in total. The van der Waals surface area contributed by atoms with Gasteiger partial charge in [0.05, 0.1) is 0 Å². The van der Waals surface area contributed by atoms with Gasteiger partial charge in [0, 0.05) is 43.6 Å². The van der Waals surface area contributed by atoms with Crippen LogP contribution in [0.1, 0.15) is 10.4 Å². The van der Waals surface area contributed by atoms with Crippen LogP contribution in [0.3, 0.4) is 0 Å². The van der Waals surface area contributed by atoms with Gasteiger partial charge in [-0.3, -0.25) is 4.79 Å². The zero-order valence-electron chi connectivity index (χ0n) is 12.1. The fourth-order valence-electron chi connectivity index (χ4n) is 2.44. The topological polar surface area (TPSA) is 51.4 Å². The molecule has 1 aromatic carbocycles. The number of H-pyrrole nitrogens is 1. The Morgan fingerprint density at radius 1 is 1.29 bits per heavy atom. The third-order valence-corrected chi connectivity index (χ3v) is 3.74. The number of piperazine rings is 1. The van der Waals surface area contributed by atoms with Crippen molar-refractivity contribution in [1.82, 2.24) is 9.88 Å². The minimum absolute atomic E-state index is 0.145. The lowest BCUT2D eigenvalue weighted by atomic mass is 10.1. The average Bonchev–Trinajstić information content (AvgIpc) is 3.01. The fourth-order valence-corrected chi connectivity index (χ4v) is 2.44. The second-order valence-electron chi connectivity index (χ2n) is 5.29. The van der Waals surface area contributed by atoms with E-state index in [0.29, 0.717) is 11.4 Å². The van der Waals surface area contributed by atoms with Crippen molar-refractivity contribution >= 4 is 17.4 Å². The molecule has 2 N–H and O–H groups in total. The van der Waals surface area contributed by atoms with Crippen LogP contribution in [0.2, 0.25) is 0 Å². The van der Waals surface area contributed by atoms with Gasteiger partial charge < -0.3 is 20.1 Å². The van der Waals surface area contributed by atoms with Gasteiger partial charge in [0.2, 0.25) is 0 Å². The molecule has 1 aromatic heterocycles. The molecule has 0 atom stereocenters. The van der Waals surface area contributed by atoms with Crippen LogP contribution in [-0.2, 0) is 0 Å². The molecule has 1 saturated heterocycles. The Morgan fingerprint density at radius 2 is 2.10 bits per heavy atom. The van der Waals surface area contributed by atoms with Crippen molar-refractivity contribution in [3.05, 3.63) is 48.2 Å². The maximum Gasteiger partial charge on any atom is 0.257 e. The number of nitrogens with one attached hydrogen (secondary N) is 2. The third kappa shape index (κ3) is 3.25. The van der Waals surface area contributed by atoms with E-state index in [2.05, 4.69) is 33.2 Å². The maximum absolute atomic E-state index is 12.2. The number of carbonyl (C=O) groups excluding carboxylic acids is 1.